The van der Waals surface area contributed by atoms with Gasteiger partial charge in [-0.3, -0.25) is 4.79 Å². The minimum atomic E-state index is -0.867. The van der Waals surface area contributed by atoms with Crippen LogP contribution >= 0.6 is 23.2 Å². The molecule has 3 aromatic rings. The number of hydrogen-bond acceptors (Lipinski definition) is 1. The number of rotatable bonds is 4. The fourth-order valence-corrected chi connectivity index (χ4v) is 3.16. The first-order chi connectivity index (χ1) is 11.0. The van der Waals surface area contributed by atoms with Crippen molar-refractivity contribution in [3.63, 3.8) is 0 Å². The molecule has 118 valence electrons. The van der Waals surface area contributed by atoms with Crippen LogP contribution in [-0.4, -0.2) is 16.1 Å². The molecule has 1 aromatic heterocycles. The average molecular weight is 348 g/mol. The third-order valence-electron chi connectivity index (χ3n) is 3.94. The van der Waals surface area contributed by atoms with E-state index in [-0.39, 0.29) is 6.42 Å². The lowest BCUT2D eigenvalue weighted by molar-refractivity contribution is -0.136. The van der Waals surface area contributed by atoms with Crippen molar-refractivity contribution in [3.05, 3.63) is 57.6 Å². The van der Waals surface area contributed by atoms with E-state index in [9.17, 15) is 9.90 Å². The second kappa shape index (κ2) is 6.26. The number of benzene rings is 2. The number of hydrogen-bond donors (Lipinski definition) is 2. The number of halogens is 2. The van der Waals surface area contributed by atoms with Crippen molar-refractivity contribution < 1.29 is 9.90 Å². The second-order valence-corrected chi connectivity index (χ2v) is 6.19. The van der Waals surface area contributed by atoms with Gasteiger partial charge in [-0.1, -0.05) is 54.4 Å². The van der Waals surface area contributed by atoms with E-state index < -0.39 is 5.97 Å². The van der Waals surface area contributed by atoms with E-state index in [2.05, 4.69) is 11.9 Å². The second-order valence-electron chi connectivity index (χ2n) is 5.37. The zero-order valence-corrected chi connectivity index (χ0v) is 14.0. The molecule has 0 saturated heterocycles. The highest BCUT2D eigenvalue weighted by atomic mass is 35.5. The molecule has 0 spiro atoms. The molecule has 3 nitrogen and oxygen atoms in total. The molecular formula is C18H15Cl2NO2. The van der Waals surface area contributed by atoms with Gasteiger partial charge in [0.05, 0.1) is 22.2 Å². The first-order valence-electron chi connectivity index (χ1n) is 7.31. The van der Waals surface area contributed by atoms with E-state index in [1.54, 1.807) is 12.1 Å². The van der Waals surface area contributed by atoms with E-state index in [0.29, 0.717) is 10.0 Å². The standard InChI is InChI=1S/C18H15Cl2NO2/c1-2-10-4-3-5-12-13(9-16(22)23)18(21-17(10)12)11-6-7-14(19)15(20)8-11/h3-8,21H,2,9H2,1H3,(H,22,23). The van der Waals surface area contributed by atoms with Gasteiger partial charge in [0.15, 0.2) is 0 Å². The van der Waals surface area contributed by atoms with E-state index in [1.165, 1.54) is 0 Å². The smallest absolute Gasteiger partial charge is 0.307 e. The maximum absolute atomic E-state index is 11.3. The zero-order chi connectivity index (χ0) is 16.6. The van der Waals surface area contributed by atoms with Gasteiger partial charge in [-0.05, 0) is 35.2 Å². The zero-order valence-electron chi connectivity index (χ0n) is 12.5. The number of aryl methyl sites for hydroxylation is 1. The Hall–Kier alpha value is -1.97. The number of carboxylic acids is 1. The number of H-pyrrole nitrogens is 1. The molecule has 0 amide bonds. The van der Waals surface area contributed by atoms with Crippen LogP contribution in [0.3, 0.4) is 0 Å². The summed E-state index contributed by atoms with van der Waals surface area (Å²) in [5.41, 5.74) is 4.50. The van der Waals surface area contributed by atoms with Crippen LogP contribution in [0.25, 0.3) is 22.2 Å². The summed E-state index contributed by atoms with van der Waals surface area (Å²) >= 11 is 12.1. The monoisotopic (exact) mass is 347 g/mol. The predicted molar refractivity (Wildman–Crippen MR) is 94.5 cm³/mol. The third-order valence-corrected chi connectivity index (χ3v) is 4.68. The van der Waals surface area contributed by atoms with Gasteiger partial charge in [-0.15, -0.1) is 0 Å². The average Bonchev–Trinajstić information content (AvgIpc) is 2.88. The Morgan fingerprint density at radius 1 is 1.17 bits per heavy atom. The Bertz CT molecular complexity index is 899. The highest BCUT2D eigenvalue weighted by Crippen LogP contribution is 2.35. The molecule has 2 N–H and O–H groups in total. The van der Waals surface area contributed by atoms with Crippen LogP contribution < -0.4 is 0 Å². The fraction of sp³-hybridized carbons (Fsp3) is 0.167. The molecule has 0 radical (unpaired) electrons. The summed E-state index contributed by atoms with van der Waals surface area (Å²) in [5, 5.41) is 11.1. The molecule has 3 rings (SSSR count). The minimum absolute atomic E-state index is 0.0528. The first-order valence-corrected chi connectivity index (χ1v) is 8.06. The molecule has 0 fully saturated rings. The van der Waals surface area contributed by atoms with E-state index in [0.717, 1.165) is 39.7 Å². The van der Waals surface area contributed by atoms with Crippen LogP contribution in [0.5, 0.6) is 0 Å². The predicted octanol–water partition coefficient (Wildman–Crippen LogP) is 5.33. The number of fused-ring (bicyclic) bond motifs is 1. The van der Waals surface area contributed by atoms with Gasteiger partial charge in [-0.25, -0.2) is 0 Å². The van der Waals surface area contributed by atoms with Gasteiger partial charge >= 0.3 is 5.97 Å². The van der Waals surface area contributed by atoms with Gasteiger partial charge in [0.1, 0.15) is 0 Å². The van der Waals surface area contributed by atoms with Crippen LogP contribution in [0.2, 0.25) is 10.0 Å². The Morgan fingerprint density at radius 3 is 2.61 bits per heavy atom. The van der Waals surface area contributed by atoms with E-state index in [1.807, 2.05) is 24.3 Å². The topological polar surface area (TPSA) is 53.1 Å². The van der Waals surface area contributed by atoms with Crippen molar-refractivity contribution in [2.75, 3.05) is 0 Å². The molecule has 0 saturated carbocycles. The van der Waals surface area contributed by atoms with Gasteiger partial charge in [0.25, 0.3) is 0 Å². The number of nitrogens with one attached hydrogen (secondary N) is 1. The van der Waals surface area contributed by atoms with Crippen LogP contribution in [-0.2, 0) is 17.6 Å². The third kappa shape index (κ3) is 2.94. The number of aliphatic carboxylic acids is 1. The van der Waals surface area contributed by atoms with Crippen molar-refractivity contribution in [3.8, 4) is 11.3 Å². The van der Waals surface area contributed by atoms with Crippen molar-refractivity contribution in [2.45, 2.75) is 19.8 Å². The number of carboxylic acid groups (broad SMARTS) is 1. The van der Waals surface area contributed by atoms with Crippen molar-refractivity contribution in [2.24, 2.45) is 0 Å². The lowest BCUT2D eigenvalue weighted by Crippen LogP contribution is -2.01. The summed E-state index contributed by atoms with van der Waals surface area (Å²) in [6.45, 7) is 2.07. The molecule has 0 bridgehead atoms. The number of carbonyl (C=O) groups is 1. The van der Waals surface area contributed by atoms with Gasteiger partial charge < -0.3 is 10.1 Å². The quantitative estimate of drug-likeness (QED) is 0.669. The van der Waals surface area contributed by atoms with Gasteiger partial charge in [-0.2, -0.15) is 0 Å². The van der Waals surface area contributed by atoms with Crippen LogP contribution in [0, 0.1) is 0 Å². The largest absolute Gasteiger partial charge is 0.481 e. The normalized spacial score (nSPS) is 11.1. The van der Waals surface area contributed by atoms with E-state index in [4.69, 9.17) is 23.2 Å². The molecule has 1 heterocycles. The van der Waals surface area contributed by atoms with Crippen molar-refractivity contribution >= 4 is 40.1 Å². The Kier molecular flexibility index (Phi) is 4.33. The molecule has 2 aromatic carbocycles. The summed E-state index contributed by atoms with van der Waals surface area (Å²) < 4.78 is 0. The fourth-order valence-electron chi connectivity index (χ4n) is 2.86. The molecule has 0 aliphatic heterocycles. The lowest BCUT2D eigenvalue weighted by atomic mass is 10.0. The summed E-state index contributed by atoms with van der Waals surface area (Å²) in [4.78, 5) is 14.7. The van der Waals surface area contributed by atoms with E-state index >= 15 is 0 Å². The maximum atomic E-state index is 11.3. The van der Waals surface area contributed by atoms with Crippen LogP contribution in [0.15, 0.2) is 36.4 Å². The molecule has 0 unspecified atom stereocenters. The molecular weight excluding hydrogens is 333 g/mol. The van der Waals surface area contributed by atoms with Gasteiger partial charge in [0.2, 0.25) is 0 Å². The molecule has 0 aliphatic carbocycles. The first kappa shape index (κ1) is 15.9. The SMILES string of the molecule is CCc1cccc2c(CC(=O)O)c(-c3ccc(Cl)c(Cl)c3)[nH]c12. The summed E-state index contributed by atoms with van der Waals surface area (Å²) in [6, 6.07) is 11.3. The minimum Gasteiger partial charge on any atom is -0.481 e. The Labute approximate surface area is 143 Å². The van der Waals surface area contributed by atoms with Gasteiger partial charge in [0, 0.05) is 10.9 Å². The highest BCUT2D eigenvalue weighted by molar-refractivity contribution is 6.42. The molecule has 23 heavy (non-hydrogen) atoms. The Morgan fingerprint density at radius 2 is 1.96 bits per heavy atom. The number of aromatic amines is 1. The van der Waals surface area contributed by atoms with Crippen LogP contribution in [0.1, 0.15) is 18.1 Å². The number of para-hydroxylation sites is 1. The van der Waals surface area contributed by atoms with Crippen molar-refractivity contribution in [1.82, 2.24) is 4.98 Å². The lowest BCUT2D eigenvalue weighted by Gasteiger charge is -2.04. The number of aromatic nitrogens is 1. The summed E-state index contributed by atoms with van der Waals surface area (Å²) in [7, 11) is 0. The van der Waals surface area contributed by atoms with Crippen LogP contribution in [0.4, 0.5) is 0 Å². The molecule has 0 atom stereocenters. The molecule has 0 aliphatic rings. The summed E-state index contributed by atoms with van der Waals surface area (Å²) in [6.07, 6.45) is 0.813. The Balaban J connectivity index is 2.29. The molecule has 5 heteroatoms. The van der Waals surface area contributed by atoms with Crippen molar-refractivity contribution in [1.29, 1.82) is 0 Å². The summed E-state index contributed by atoms with van der Waals surface area (Å²) in [5.74, 6) is -0.867. The maximum Gasteiger partial charge on any atom is 0.307 e. The highest BCUT2D eigenvalue weighted by Gasteiger charge is 2.17.